The molecule has 0 N–H and O–H groups in total. The Morgan fingerprint density at radius 3 is 2.30 bits per heavy atom. The van der Waals surface area contributed by atoms with Gasteiger partial charge in [-0.1, -0.05) is 63.2 Å². The predicted octanol–water partition coefficient (Wildman–Crippen LogP) is 6.41. The average molecular weight is 317 g/mol. The van der Waals surface area contributed by atoms with Crippen LogP contribution in [0, 0.1) is 0 Å². The van der Waals surface area contributed by atoms with E-state index in [2.05, 4.69) is 80.7 Å². The molecule has 0 spiro atoms. The van der Waals surface area contributed by atoms with Gasteiger partial charge in [-0.05, 0) is 28.5 Å². The second-order valence-corrected chi connectivity index (χ2v) is 7.88. The van der Waals surface area contributed by atoms with Crippen LogP contribution in [0.15, 0.2) is 60.0 Å². The third-order valence-electron chi connectivity index (χ3n) is 4.33. The number of rotatable bonds is 1. The van der Waals surface area contributed by atoms with Gasteiger partial charge in [0.2, 0.25) is 0 Å². The normalized spacial score (nSPS) is 12.1. The number of pyridine rings is 1. The Morgan fingerprint density at radius 2 is 1.57 bits per heavy atom. The molecule has 2 heterocycles. The van der Waals surface area contributed by atoms with Crippen LogP contribution >= 0.6 is 11.3 Å². The highest BCUT2D eigenvalue weighted by Crippen LogP contribution is 2.36. The molecule has 2 aromatic carbocycles. The minimum atomic E-state index is 0.174. The van der Waals surface area contributed by atoms with E-state index in [-0.39, 0.29) is 5.41 Å². The Balaban J connectivity index is 1.95. The molecule has 114 valence electrons. The van der Waals surface area contributed by atoms with Crippen molar-refractivity contribution in [3.8, 4) is 11.3 Å². The number of para-hydroxylation sites is 1. The van der Waals surface area contributed by atoms with E-state index in [1.807, 2.05) is 0 Å². The third-order valence-corrected chi connectivity index (χ3v) is 5.27. The molecule has 0 fully saturated rings. The Bertz CT molecular complexity index is 988. The van der Waals surface area contributed by atoms with Gasteiger partial charge in [0.1, 0.15) is 0 Å². The molecule has 0 aliphatic carbocycles. The molecule has 1 nitrogen and oxygen atoms in total. The number of nitrogens with zero attached hydrogens (tertiary/aromatic N) is 1. The van der Waals surface area contributed by atoms with Crippen molar-refractivity contribution >= 4 is 32.3 Å². The fourth-order valence-corrected chi connectivity index (χ4v) is 3.93. The summed E-state index contributed by atoms with van der Waals surface area (Å²) >= 11 is 1.79. The topological polar surface area (TPSA) is 12.9 Å². The lowest BCUT2D eigenvalue weighted by atomic mass is 9.86. The maximum absolute atomic E-state index is 4.94. The summed E-state index contributed by atoms with van der Waals surface area (Å²) in [4.78, 5) is 4.94. The van der Waals surface area contributed by atoms with Gasteiger partial charge >= 0.3 is 0 Å². The summed E-state index contributed by atoms with van der Waals surface area (Å²) < 4.78 is 1.32. The number of hydrogen-bond acceptors (Lipinski definition) is 2. The Hall–Kier alpha value is -2.19. The van der Waals surface area contributed by atoms with Gasteiger partial charge in [0.25, 0.3) is 0 Å². The SMILES string of the molecule is CC(C)(C)c1ccc(-c2nc3ccccc3c3sccc23)cc1. The molecule has 0 saturated heterocycles. The number of benzene rings is 2. The van der Waals surface area contributed by atoms with E-state index < -0.39 is 0 Å². The summed E-state index contributed by atoms with van der Waals surface area (Å²) in [6, 6.07) is 19.4. The van der Waals surface area contributed by atoms with Crippen molar-refractivity contribution in [2.24, 2.45) is 0 Å². The quantitative estimate of drug-likeness (QED) is 0.395. The van der Waals surface area contributed by atoms with Gasteiger partial charge in [-0.25, -0.2) is 4.98 Å². The van der Waals surface area contributed by atoms with Gasteiger partial charge < -0.3 is 0 Å². The minimum absolute atomic E-state index is 0.174. The molecule has 2 aromatic heterocycles. The summed E-state index contributed by atoms with van der Waals surface area (Å²) in [6.45, 7) is 6.73. The van der Waals surface area contributed by atoms with Crippen molar-refractivity contribution in [3.63, 3.8) is 0 Å². The van der Waals surface area contributed by atoms with Crippen molar-refractivity contribution in [2.45, 2.75) is 26.2 Å². The van der Waals surface area contributed by atoms with Crippen LogP contribution in [0.25, 0.3) is 32.2 Å². The largest absolute Gasteiger partial charge is 0.247 e. The molecule has 0 atom stereocenters. The van der Waals surface area contributed by atoms with Crippen LogP contribution in [0.2, 0.25) is 0 Å². The molecule has 0 unspecified atom stereocenters. The van der Waals surface area contributed by atoms with E-state index in [4.69, 9.17) is 4.98 Å². The number of thiophene rings is 1. The lowest BCUT2D eigenvalue weighted by Gasteiger charge is -2.19. The van der Waals surface area contributed by atoms with Crippen LogP contribution in [-0.2, 0) is 5.41 Å². The summed E-state index contributed by atoms with van der Waals surface area (Å²) in [5.41, 5.74) is 4.86. The van der Waals surface area contributed by atoms with Crippen LogP contribution in [0.1, 0.15) is 26.3 Å². The fourth-order valence-electron chi connectivity index (χ4n) is 3.00. The number of hydrogen-bond donors (Lipinski definition) is 0. The van der Waals surface area contributed by atoms with E-state index in [1.165, 1.54) is 26.6 Å². The zero-order valence-corrected chi connectivity index (χ0v) is 14.4. The third kappa shape index (κ3) is 2.43. The van der Waals surface area contributed by atoms with Gasteiger partial charge in [0.05, 0.1) is 11.2 Å². The van der Waals surface area contributed by atoms with Gasteiger partial charge in [-0.15, -0.1) is 11.3 Å². The summed E-state index contributed by atoms with van der Waals surface area (Å²) in [6.07, 6.45) is 0. The maximum Gasteiger partial charge on any atom is 0.0796 e. The molecule has 0 radical (unpaired) electrons. The van der Waals surface area contributed by atoms with Crippen molar-refractivity contribution in [2.75, 3.05) is 0 Å². The molecule has 4 aromatic rings. The standard InChI is InChI=1S/C21H19NS/c1-21(2,3)15-10-8-14(9-11-15)19-17-12-13-23-20(17)16-6-4-5-7-18(16)22-19/h4-13H,1-3H3. The number of aromatic nitrogens is 1. The lowest BCUT2D eigenvalue weighted by Crippen LogP contribution is -2.10. The first kappa shape index (κ1) is 14.4. The number of fused-ring (bicyclic) bond motifs is 3. The first-order valence-corrected chi connectivity index (χ1v) is 8.79. The highest BCUT2D eigenvalue weighted by Gasteiger charge is 2.15. The van der Waals surface area contributed by atoms with Crippen LogP contribution in [-0.4, -0.2) is 4.98 Å². The molecular formula is C21H19NS. The van der Waals surface area contributed by atoms with Crippen molar-refractivity contribution in [3.05, 3.63) is 65.5 Å². The minimum Gasteiger partial charge on any atom is -0.247 e. The monoisotopic (exact) mass is 317 g/mol. The van der Waals surface area contributed by atoms with E-state index in [0.29, 0.717) is 0 Å². The smallest absolute Gasteiger partial charge is 0.0796 e. The molecule has 2 heteroatoms. The average Bonchev–Trinajstić information content (AvgIpc) is 3.03. The fraction of sp³-hybridized carbons (Fsp3) is 0.190. The second-order valence-electron chi connectivity index (χ2n) is 6.97. The summed E-state index contributed by atoms with van der Waals surface area (Å²) in [7, 11) is 0. The lowest BCUT2D eigenvalue weighted by molar-refractivity contribution is 0.590. The first-order valence-electron chi connectivity index (χ1n) is 7.91. The summed E-state index contributed by atoms with van der Waals surface area (Å²) in [5, 5.41) is 4.65. The van der Waals surface area contributed by atoms with E-state index in [1.54, 1.807) is 11.3 Å². The predicted molar refractivity (Wildman–Crippen MR) is 101 cm³/mol. The molecule has 23 heavy (non-hydrogen) atoms. The van der Waals surface area contributed by atoms with E-state index in [9.17, 15) is 0 Å². The second kappa shape index (κ2) is 5.17. The highest BCUT2D eigenvalue weighted by atomic mass is 32.1. The molecule has 0 aliphatic heterocycles. The van der Waals surface area contributed by atoms with Gasteiger partial charge in [-0.3, -0.25) is 0 Å². The van der Waals surface area contributed by atoms with Crippen molar-refractivity contribution < 1.29 is 0 Å². The zero-order chi connectivity index (χ0) is 16.0. The van der Waals surface area contributed by atoms with Gasteiger partial charge in [-0.2, -0.15) is 0 Å². The maximum atomic E-state index is 4.94. The Labute approximate surface area is 140 Å². The molecule has 4 rings (SSSR count). The first-order chi connectivity index (χ1) is 11.0. The summed E-state index contributed by atoms with van der Waals surface area (Å²) in [5.74, 6) is 0. The molecule has 0 amide bonds. The molecule has 0 aliphatic rings. The highest BCUT2D eigenvalue weighted by molar-refractivity contribution is 7.18. The van der Waals surface area contributed by atoms with Crippen molar-refractivity contribution in [1.29, 1.82) is 0 Å². The Kier molecular flexibility index (Phi) is 3.24. The molecule has 0 bridgehead atoms. The van der Waals surface area contributed by atoms with Gasteiger partial charge in [0, 0.05) is 21.0 Å². The Morgan fingerprint density at radius 1 is 0.826 bits per heavy atom. The molecular weight excluding hydrogens is 298 g/mol. The molecule has 0 saturated carbocycles. The van der Waals surface area contributed by atoms with Crippen LogP contribution < -0.4 is 0 Å². The van der Waals surface area contributed by atoms with E-state index in [0.717, 1.165) is 11.2 Å². The van der Waals surface area contributed by atoms with Crippen molar-refractivity contribution in [1.82, 2.24) is 4.98 Å². The van der Waals surface area contributed by atoms with Gasteiger partial charge in [0.15, 0.2) is 0 Å². The van der Waals surface area contributed by atoms with Crippen LogP contribution in [0.3, 0.4) is 0 Å². The zero-order valence-electron chi connectivity index (χ0n) is 13.6. The van der Waals surface area contributed by atoms with Crippen LogP contribution in [0.5, 0.6) is 0 Å². The van der Waals surface area contributed by atoms with E-state index >= 15 is 0 Å². The van der Waals surface area contributed by atoms with Crippen LogP contribution in [0.4, 0.5) is 0 Å².